The second-order valence-corrected chi connectivity index (χ2v) is 5.06. The molecule has 19 heavy (non-hydrogen) atoms. The van der Waals surface area contributed by atoms with Crippen LogP contribution >= 0.6 is 0 Å². The van der Waals surface area contributed by atoms with Gasteiger partial charge in [-0.05, 0) is 25.5 Å². The van der Waals surface area contributed by atoms with Crippen molar-refractivity contribution in [2.45, 2.75) is 18.9 Å². The molecule has 2 aliphatic heterocycles. The summed E-state index contributed by atoms with van der Waals surface area (Å²) < 4.78 is 16.7. The van der Waals surface area contributed by atoms with Crippen molar-refractivity contribution in [1.82, 2.24) is 4.90 Å². The van der Waals surface area contributed by atoms with E-state index in [9.17, 15) is 0 Å². The van der Waals surface area contributed by atoms with Gasteiger partial charge in [-0.15, -0.1) is 0 Å². The maximum absolute atomic E-state index is 5.84. The molecule has 0 amide bonds. The number of benzene rings is 1. The smallest absolute Gasteiger partial charge is 0.166 e. The molecule has 0 bridgehead atoms. The number of hydrogen-bond acceptors (Lipinski definition) is 4. The van der Waals surface area contributed by atoms with Gasteiger partial charge in [0.2, 0.25) is 0 Å². The van der Waals surface area contributed by atoms with Gasteiger partial charge in [-0.3, -0.25) is 4.90 Å². The second-order valence-electron chi connectivity index (χ2n) is 5.06. The van der Waals surface area contributed by atoms with Gasteiger partial charge in [0.15, 0.2) is 11.5 Å². The van der Waals surface area contributed by atoms with Crippen LogP contribution in [0.4, 0.5) is 0 Å². The summed E-state index contributed by atoms with van der Waals surface area (Å²) in [7, 11) is 1.76. The van der Waals surface area contributed by atoms with Crippen LogP contribution in [0.25, 0.3) is 0 Å². The molecule has 1 fully saturated rings. The van der Waals surface area contributed by atoms with Gasteiger partial charge in [0.25, 0.3) is 0 Å². The fourth-order valence-corrected chi connectivity index (χ4v) is 3.01. The maximum Gasteiger partial charge on any atom is 0.166 e. The standard InChI is InChI=1S/C15H21NO3/c1-17-9-8-16-7-3-5-13(16)12-4-2-6-14-15(12)19-11-10-18-14/h2,4,6,13H,3,5,7-11H2,1H3/t13-/m1/s1. The highest BCUT2D eigenvalue weighted by atomic mass is 16.6. The van der Waals surface area contributed by atoms with Crippen LogP contribution in [0.3, 0.4) is 0 Å². The highest BCUT2D eigenvalue weighted by Crippen LogP contribution is 2.42. The van der Waals surface area contributed by atoms with Crippen LogP contribution in [0.1, 0.15) is 24.4 Å². The highest BCUT2D eigenvalue weighted by molar-refractivity contribution is 5.49. The predicted octanol–water partition coefficient (Wildman–Crippen LogP) is 2.24. The molecular weight excluding hydrogens is 242 g/mol. The van der Waals surface area contributed by atoms with E-state index in [4.69, 9.17) is 14.2 Å². The van der Waals surface area contributed by atoms with Crippen molar-refractivity contribution in [1.29, 1.82) is 0 Å². The van der Waals surface area contributed by atoms with Gasteiger partial charge in [-0.2, -0.15) is 0 Å². The van der Waals surface area contributed by atoms with Crippen LogP contribution in [0.5, 0.6) is 11.5 Å². The molecule has 1 saturated heterocycles. The quantitative estimate of drug-likeness (QED) is 0.833. The SMILES string of the molecule is COCCN1CCC[C@@H]1c1cccc2c1OCCO2. The minimum atomic E-state index is 0.437. The molecule has 0 spiro atoms. The molecule has 2 aliphatic rings. The Balaban J connectivity index is 1.84. The van der Waals surface area contributed by atoms with Crippen molar-refractivity contribution < 1.29 is 14.2 Å². The number of rotatable bonds is 4. The summed E-state index contributed by atoms with van der Waals surface area (Å²) in [5, 5.41) is 0. The van der Waals surface area contributed by atoms with E-state index in [1.165, 1.54) is 18.4 Å². The second kappa shape index (κ2) is 5.80. The van der Waals surface area contributed by atoms with Crippen LogP contribution in [-0.2, 0) is 4.74 Å². The molecule has 0 radical (unpaired) electrons. The minimum absolute atomic E-state index is 0.437. The third-order valence-electron chi connectivity index (χ3n) is 3.90. The molecule has 1 aromatic carbocycles. The Morgan fingerprint density at radius 2 is 2.21 bits per heavy atom. The third-order valence-corrected chi connectivity index (χ3v) is 3.90. The van der Waals surface area contributed by atoms with E-state index < -0.39 is 0 Å². The number of nitrogens with zero attached hydrogens (tertiary/aromatic N) is 1. The number of fused-ring (bicyclic) bond motifs is 1. The zero-order valence-corrected chi connectivity index (χ0v) is 11.4. The topological polar surface area (TPSA) is 30.9 Å². The molecule has 3 rings (SSSR count). The lowest BCUT2D eigenvalue weighted by atomic mass is 10.0. The van der Waals surface area contributed by atoms with Gasteiger partial charge in [0.05, 0.1) is 6.61 Å². The molecule has 0 saturated carbocycles. The van der Waals surface area contributed by atoms with Gasteiger partial charge >= 0.3 is 0 Å². The van der Waals surface area contributed by atoms with Gasteiger partial charge < -0.3 is 14.2 Å². The average molecular weight is 263 g/mol. The monoisotopic (exact) mass is 263 g/mol. The Kier molecular flexibility index (Phi) is 3.89. The molecular formula is C15H21NO3. The van der Waals surface area contributed by atoms with Crippen molar-refractivity contribution in [2.75, 3.05) is 40.0 Å². The zero-order valence-electron chi connectivity index (χ0n) is 11.4. The van der Waals surface area contributed by atoms with E-state index in [0.29, 0.717) is 19.3 Å². The van der Waals surface area contributed by atoms with Crippen molar-refractivity contribution >= 4 is 0 Å². The molecule has 4 heteroatoms. The molecule has 4 nitrogen and oxygen atoms in total. The first-order chi connectivity index (χ1) is 9.40. The molecule has 1 aromatic rings. The summed E-state index contributed by atoms with van der Waals surface area (Å²) in [5.41, 5.74) is 1.27. The van der Waals surface area contributed by atoms with Crippen LogP contribution in [0, 0.1) is 0 Å². The number of methoxy groups -OCH3 is 1. The van der Waals surface area contributed by atoms with Gasteiger partial charge in [-0.1, -0.05) is 12.1 Å². The summed E-state index contributed by atoms with van der Waals surface area (Å²) in [6.07, 6.45) is 2.42. The molecule has 0 unspecified atom stereocenters. The summed E-state index contributed by atoms with van der Waals surface area (Å²) in [5.74, 6) is 1.84. The first kappa shape index (κ1) is 12.8. The van der Waals surface area contributed by atoms with Crippen LogP contribution in [-0.4, -0.2) is 44.9 Å². The summed E-state index contributed by atoms with van der Waals surface area (Å²) in [6.45, 7) is 4.19. The first-order valence-electron chi connectivity index (χ1n) is 7.01. The van der Waals surface area contributed by atoms with Crippen LogP contribution < -0.4 is 9.47 Å². The number of likely N-dealkylation sites (tertiary alicyclic amines) is 1. The summed E-state index contributed by atoms with van der Waals surface area (Å²) in [6, 6.07) is 6.66. The van der Waals surface area contributed by atoms with Crippen molar-refractivity contribution in [3.05, 3.63) is 23.8 Å². The van der Waals surface area contributed by atoms with Crippen LogP contribution in [0.2, 0.25) is 0 Å². The Hall–Kier alpha value is -1.26. The van der Waals surface area contributed by atoms with Crippen molar-refractivity contribution in [2.24, 2.45) is 0 Å². The Labute approximate surface area is 114 Å². The molecule has 104 valence electrons. The fraction of sp³-hybridized carbons (Fsp3) is 0.600. The summed E-state index contributed by atoms with van der Waals surface area (Å²) >= 11 is 0. The lowest BCUT2D eigenvalue weighted by Gasteiger charge is -2.28. The van der Waals surface area contributed by atoms with E-state index in [0.717, 1.165) is 31.2 Å². The largest absolute Gasteiger partial charge is 0.486 e. The fourth-order valence-electron chi connectivity index (χ4n) is 3.01. The summed E-state index contributed by atoms with van der Waals surface area (Å²) in [4.78, 5) is 2.48. The number of para-hydroxylation sites is 1. The predicted molar refractivity (Wildman–Crippen MR) is 72.9 cm³/mol. The van der Waals surface area contributed by atoms with E-state index in [1.54, 1.807) is 7.11 Å². The molecule has 0 aliphatic carbocycles. The van der Waals surface area contributed by atoms with Gasteiger partial charge in [0.1, 0.15) is 13.2 Å². The Morgan fingerprint density at radius 3 is 3.11 bits per heavy atom. The molecule has 2 heterocycles. The number of hydrogen-bond donors (Lipinski definition) is 0. The van der Waals surface area contributed by atoms with Crippen molar-refractivity contribution in [3.8, 4) is 11.5 Å². The third kappa shape index (κ3) is 2.55. The minimum Gasteiger partial charge on any atom is -0.486 e. The van der Waals surface area contributed by atoms with E-state index >= 15 is 0 Å². The molecule has 1 atom stereocenters. The Bertz CT molecular complexity index is 435. The van der Waals surface area contributed by atoms with Crippen LogP contribution in [0.15, 0.2) is 18.2 Å². The number of ether oxygens (including phenoxy) is 3. The Morgan fingerprint density at radius 1 is 1.32 bits per heavy atom. The van der Waals surface area contributed by atoms with Crippen molar-refractivity contribution in [3.63, 3.8) is 0 Å². The van der Waals surface area contributed by atoms with E-state index in [2.05, 4.69) is 17.0 Å². The van der Waals surface area contributed by atoms with E-state index in [1.807, 2.05) is 6.07 Å². The molecule has 0 aromatic heterocycles. The lowest BCUT2D eigenvalue weighted by Crippen LogP contribution is -2.28. The zero-order chi connectivity index (χ0) is 13.1. The lowest BCUT2D eigenvalue weighted by molar-refractivity contribution is 0.135. The normalized spacial score (nSPS) is 22.7. The highest BCUT2D eigenvalue weighted by Gasteiger charge is 2.30. The van der Waals surface area contributed by atoms with Gasteiger partial charge in [-0.25, -0.2) is 0 Å². The first-order valence-corrected chi connectivity index (χ1v) is 7.01. The average Bonchev–Trinajstić information content (AvgIpc) is 2.92. The van der Waals surface area contributed by atoms with Gasteiger partial charge in [0, 0.05) is 25.3 Å². The van der Waals surface area contributed by atoms with E-state index in [-0.39, 0.29) is 0 Å². The molecule has 0 N–H and O–H groups in total. The maximum atomic E-state index is 5.84.